The Morgan fingerprint density at radius 2 is 1.95 bits per heavy atom. The van der Waals surface area contributed by atoms with Crippen LogP contribution < -0.4 is 4.74 Å². The van der Waals surface area contributed by atoms with Crippen LogP contribution in [0.15, 0.2) is 0 Å². The normalized spacial score (nSPS) is 10.9. The lowest BCUT2D eigenvalue weighted by Crippen LogP contribution is -2.07. The SMILES string of the molecule is COCCOc1nc(Cl)c(F)c2nc(O)nc(O)c12. The zero-order valence-corrected chi connectivity index (χ0v) is 10.5. The Labute approximate surface area is 111 Å². The summed E-state index contributed by atoms with van der Waals surface area (Å²) in [5, 5.41) is 18.1. The number of nitrogens with zero attached hydrogens (tertiary/aromatic N) is 3. The van der Waals surface area contributed by atoms with Crippen LogP contribution in [0.25, 0.3) is 10.9 Å². The summed E-state index contributed by atoms with van der Waals surface area (Å²) < 4.78 is 23.7. The minimum absolute atomic E-state index is 0.112. The quantitative estimate of drug-likeness (QED) is 0.646. The van der Waals surface area contributed by atoms with Gasteiger partial charge in [-0.1, -0.05) is 11.6 Å². The lowest BCUT2D eigenvalue weighted by Gasteiger charge is -2.09. The molecule has 2 aromatic heterocycles. The van der Waals surface area contributed by atoms with E-state index in [0.717, 1.165) is 0 Å². The first kappa shape index (κ1) is 13.5. The van der Waals surface area contributed by atoms with E-state index in [2.05, 4.69) is 15.0 Å². The Morgan fingerprint density at radius 1 is 1.21 bits per heavy atom. The number of rotatable bonds is 4. The van der Waals surface area contributed by atoms with Gasteiger partial charge in [-0.25, -0.2) is 4.39 Å². The number of methoxy groups -OCH3 is 1. The summed E-state index contributed by atoms with van der Waals surface area (Å²) >= 11 is 5.59. The van der Waals surface area contributed by atoms with E-state index in [1.54, 1.807) is 0 Å². The fourth-order valence-corrected chi connectivity index (χ4v) is 1.58. The highest BCUT2D eigenvalue weighted by molar-refractivity contribution is 6.30. The predicted octanol–water partition coefficient (Wildman–Crippen LogP) is 1.25. The van der Waals surface area contributed by atoms with Crippen molar-refractivity contribution in [3.63, 3.8) is 0 Å². The third kappa shape index (κ3) is 2.59. The minimum atomic E-state index is -0.983. The molecule has 0 saturated heterocycles. The lowest BCUT2D eigenvalue weighted by molar-refractivity contribution is 0.144. The molecule has 2 aromatic rings. The van der Waals surface area contributed by atoms with Gasteiger partial charge in [0.15, 0.2) is 11.0 Å². The van der Waals surface area contributed by atoms with Crippen molar-refractivity contribution in [1.82, 2.24) is 15.0 Å². The molecule has 2 N–H and O–H groups in total. The van der Waals surface area contributed by atoms with Crippen molar-refractivity contribution >= 4 is 22.5 Å². The number of pyridine rings is 1. The number of aromatic nitrogens is 3. The van der Waals surface area contributed by atoms with Crippen molar-refractivity contribution < 1.29 is 24.1 Å². The predicted molar refractivity (Wildman–Crippen MR) is 63.0 cm³/mol. The average molecular weight is 290 g/mol. The summed E-state index contributed by atoms with van der Waals surface area (Å²) in [5.74, 6) is -1.78. The van der Waals surface area contributed by atoms with Gasteiger partial charge in [0.25, 0.3) is 0 Å². The molecular weight excluding hydrogens is 281 g/mol. The molecule has 0 atom stereocenters. The van der Waals surface area contributed by atoms with Crippen LogP contribution in [0, 0.1) is 5.82 Å². The van der Waals surface area contributed by atoms with E-state index in [4.69, 9.17) is 26.2 Å². The number of halogens is 2. The highest BCUT2D eigenvalue weighted by Gasteiger charge is 2.20. The smallest absolute Gasteiger partial charge is 0.317 e. The summed E-state index contributed by atoms with van der Waals surface area (Å²) in [7, 11) is 1.48. The molecule has 19 heavy (non-hydrogen) atoms. The Balaban J connectivity index is 2.60. The van der Waals surface area contributed by atoms with Crippen LogP contribution in [0.2, 0.25) is 5.15 Å². The molecule has 0 aliphatic heterocycles. The van der Waals surface area contributed by atoms with Crippen LogP contribution in [0.3, 0.4) is 0 Å². The maximum absolute atomic E-state index is 13.7. The second-order valence-electron chi connectivity index (χ2n) is 3.43. The molecule has 0 unspecified atom stereocenters. The van der Waals surface area contributed by atoms with Crippen molar-refractivity contribution in [1.29, 1.82) is 0 Å². The van der Waals surface area contributed by atoms with Crippen LogP contribution >= 0.6 is 11.6 Å². The van der Waals surface area contributed by atoms with Gasteiger partial charge in [-0.05, 0) is 0 Å². The van der Waals surface area contributed by atoms with Crippen molar-refractivity contribution in [3.05, 3.63) is 11.0 Å². The summed E-state index contributed by atoms with van der Waals surface area (Å²) in [6.45, 7) is 0.374. The maximum atomic E-state index is 13.7. The minimum Gasteiger partial charge on any atom is -0.493 e. The largest absolute Gasteiger partial charge is 0.493 e. The third-order valence-electron chi connectivity index (χ3n) is 2.21. The number of hydrogen-bond donors (Lipinski definition) is 2. The lowest BCUT2D eigenvalue weighted by atomic mass is 10.3. The van der Waals surface area contributed by atoms with E-state index in [1.165, 1.54) is 7.11 Å². The highest BCUT2D eigenvalue weighted by Crippen LogP contribution is 2.34. The van der Waals surface area contributed by atoms with Crippen LogP contribution in [0.4, 0.5) is 4.39 Å². The van der Waals surface area contributed by atoms with Crippen LogP contribution in [-0.2, 0) is 4.74 Å². The van der Waals surface area contributed by atoms with Crippen LogP contribution in [-0.4, -0.2) is 45.5 Å². The van der Waals surface area contributed by atoms with Gasteiger partial charge in [0.1, 0.15) is 17.5 Å². The Morgan fingerprint density at radius 3 is 2.63 bits per heavy atom. The Kier molecular flexibility index (Phi) is 3.82. The highest BCUT2D eigenvalue weighted by atomic mass is 35.5. The van der Waals surface area contributed by atoms with Gasteiger partial charge in [-0.15, -0.1) is 0 Å². The van der Waals surface area contributed by atoms with Crippen LogP contribution in [0.1, 0.15) is 0 Å². The van der Waals surface area contributed by atoms with E-state index in [-0.39, 0.29) is 30.0 Å². The zero-order chi connectivity index (χ0) is 14.0. The third-order valence-corrected chi connectivity index (χ3v) is 2.46. The summed E-state index contributed by atoms with van der Waals surface area (Å²) in [4.78, 5) is 10.4. The zero-order valence-electron chi connectivity index (χ0n) is 9.72. The van der Waals surface area contributed by atoms with Gasteiger partial charge in [-0.2, -0.15) is 15.0 Å². The van der Waals surface area contributed by atoms with Gasteiger partial charge < -0.3 is 19.7 Å². The van der Waals surface area contributed by atoms with Crippen molar-refractivity contribution in [2.45, 2.75) is 0 Å². The summed E-state index contributed by atoms with van der Waals surface area (Å²) in [5.41, 5.74) is -0.377. The average Bonchev–Trinajstić information content (AvgIpc) is 2.35. The van der Waals surface area contributed by atoms with E-state index < -0.39 is 22.9 Å². The molecule has 0 radical (unpaired) electrons. The Bertz CT molecular complexity index is 625. The molecule has 102 valence electrons. The summed E-state index contributed by atoms with van der Waals surface area (Å²) in [6.07, 6.45) is 0. The molecule has 0 aliphatic carbocycles. The van der Waals surface area contributed by atoms with Gasteiger partial charge in [-0.3, -0.25) is 0 Å². The van der Waals surface area contributed by atoms with Crippen molar-refractivity contribution in [3.8, 4) is 17.8 Å². The molecule has 7 nitrogen and oxygen atoms in total. The molecule has 0 saturated carbocycles. The fraction of sp³-hybridized carbons (Fsp3) is 0.300. The maximum Gasteiger partial charge on any atom is 0.317 e. The van der Waals surface area contributed by atoms with Gasteiger partial charge in [0, 0.05) is 7.11 Å². The Hall–Kier alpha value is -1.93. The molecule has 0 amide bonds. The molecule has 0 aromatic carbocycles. The number of aromatic hydroxyl groups is 2. The molecule has 2 heterocycles. The molecule has 2 rings (SSSR count). The molecule has 9 heteroatoms. The second kappa shape index (κ2) is 5.37. The number of hydrogen-bond acceptors (Lipinski definition) is 7. The molecule has 0 spiro atoms. The fourth-order valence-electron chi connectivity index (χ4n) is 1.41. The van der Waals surface area contributed by atoms with E-state index in [1.807, 2.05) is 0 Å². The van der Waals surface area contributed by atoms with Crippen molar-refractivity contribution in [2.24, 2.45) is 0 Å². The number of ether oxygens (including phenoxy) is 2. The molecular formula is C10H9ClFN3O4. The number of fused-ring (bicyclic) bond motifs is 1. The van der Waals surface area contributed by atoms with Gasteiger partial charge >= 0.3 is 6.01 Å². The van der Waals surface area contributed by atoms with Crippen molar-refractivity contribution in [2.75, 3.05) is 20.3 Å². The molecule has 0 bridgehead atoms. The molecule has 0 fully saturated rings. The second-order valence-corrected chi connectivity index (χ2v) is 3.79. The van der Waals surface area contributed by atoms with E-state index in [0.29, 0.717) is 0 Å². The first-order valence-electron chi connectivity index (χ1n) is 5.11. The summed E-state index contributed by atoms with van der Waals surface area (Å²) in [6, 6.07) is -0.783. The standard InChI is InChI=1S/C10H9ClFN3O4/c1-18-2-3-19-9-4-6(5(12)7(11)14-9)13-10(17)15-8(4)16/h2-3H2,1H3,(H2,13,15,16,17). The van der Waals surface area contributed by atoms with Crippen LogP contribution in [0.5, 0.6) is 17.8 Å². The monoisotopic (exact) mass is 289 g/mol. The topological polar surface area (TPSA) is 97.6 Å². The van der Waals surface area contributed by atoms with E-state index in [9.17, 15) is 9.50 Å². The van der Waals surface area contributed by atoms with E-state index >= 15 is 0 Å². The first-order chi connectivity index (χ1) is 9.04. The van der Waals surface area contributed by atoms with Gasteiger partial charge in [0.05, 0.1) is 6.61 Å². The van der Waals surface area contributed by atoms with Gasteiger partial charge in [0.2, 0.25) is 11.8 Å². The first-order valence-corrected chi connectivity index (χ1v) is 5.48. The molecule has 0 aliphatic rings.